The van der Waals surface area contributed by atoms with Crippen LogP contribution < -0.4 is 4.74 Å². The quantitative estimate of drug-likeness (QED) is 0.798. The van der Waals surface area contributed by atoms with E-state index in [1.165, 1.54) is 0 Å². The van der Waals surface area contributed by atoms with E-state index in [2.05, 4.69) is 4.98 Å². The van der Waals surface area contributed by atoms with Crippen molar-refractivity contribution in [3.63, 3.8) is 0 Å². The van der Waals surface area contributed by atoms with E-state index in [4.69, 9.17) is 21.1 Å². The molecule has 1 aromatic carbocycles. The van der Waals surface area contributed by atoms with Crippen LogP contribution in [0.25, 0.3) is 10.9 Å². The van der Waals surface area contributed by atoms with Crippen molar-refractivity contribution in [2.24, 2.45) is 0 Å². The third kappa shape index (κ3) is 2.71. The highest BCUT2D eigenvalue weighted by Crippen LogP contribution is 2.29. The number of carbonyl (C=O) groups is 1. The Labute approximate surface area is 109 Å². The van der Waals surface area contributed by atoms with Crippen LogP contribution in [0.2, 0.25) is 5.02 Å². The van der Waals surface area contributed by atoms with Gasteiger partial charge in [0.05, 0.1) is 11.6 Å². The second-order valence-corrected chi connectivity index (χ2v) is 3.95. The molecule has 0 unspecified atom stereocenters. The number of rotatable bonds is 4. The Morgan fingerprint density at radius 1 is 1.39 bits per heavy atom. The average molecular weight is 266 g/mol. The second-order valence-electron chi connectivity index (χ2n) is 3.54. The standard InChI is InChI=1S/C13H12ClNO3/c1-2-17-12(16)8-18-11-6-5-10(14)9-4-3-7-15-13(9)11/h3-7H,2,8H2,1H3. The van der Waals surface area contributed by atoms with E-state index in [1.54, 1.807) is 31.3 Å². The number of benzene rings is 1. The van der Waals surface area contributed by atoms with Crippen molar-refractivity contribution in [2.75, 3.05) is 13.2 Å². The molecule has 94 valence electrons. The Balaban J connectivity index is 2.24. The highest BCUT2D eigenvalue weighted by atomic mass is 35.5. The molecule has 0 radical (unpaired) electrons. The van der Waals surface area contributed by atoms with Gasteiger partial charge in [0, 0.05) is 11.6 Å². The van der Waals surface area contributed by atoms with E-state index in [1.807, 2.05) is 6.07 Å². The van der Waals surface area contributed by atoms with Crippen molar-refractivity contribution in [1.29, 1.82) is 0 Å². The summed E-state index contributed by atoms with van der Waals surface area (Å²) in [5, 5.41) is 1.39. The summed E-state index contributed by atoms with van der Waals surface area (Å²) in [6, 6.07) is 7.05. The van der Waals surface area contributed by atoms with Crippen LogP contribution in [0.5, 0.6) is 5.75 Å². The van der Waals surface area contributed by atoms with Crippen molar-refractivity contribution in [2.45, 2.75) is 6.92 Å². The molecule has 4 nitrogen and oxygen atoms in total. The maximum absolute atomic E-state index is 11.2. The molecule has 0 saturated carbocycles. The van der Waals surface area contributed by atoms with Crippen LogP contribution in [0, 0.1) is 0 Å². The smallest absolute Gasteiger partial charge is 0.344 e. The monoisotopic (exact) mass is 265 g/mol. The molecule has 0 N–H and O–H groups in total. The Hall–Kier alpha value is -1.81. The highest BCUT2D eigenvalue weighted by molar-refractivity contribution is 6.35. The summed E-state index contributed by atoms with van der Waals surface area (Å²) in [5.74, 6) is 0.111. The molecule has 18 heavy (non-hydrogen) atoms. The lowest BCUT2D eigenvalue weighted by Gasteiger charge is -2.08. The van der Waals surface area contributed by atoms with Crippen LogP contribution in [-0.2, 0) is 9.53 Å². The van der Waals surface area contributed by atoms with Crippen molar-refractivity contribution in [3.05, 3.63) is 35.5 Å². The zero-order valence-electron chi connectivity index (χ0n) is 9.85. The molecule has 1 aromatic heterocycles. The molecule has 1 heterocycles. The van der Waals surface area contributed by atoms with E-state index in [0.29, 0.717) is 22.9 Å². The molecule has 0 spiro atoms. The SMILES string of the molecule is CCOC(=O)COc1ccc(Cl)c2cccnc12. The van der Waals surface area contributed by atoms with Gasteiger partial charge in [0.15, 0.2) is 6.61 Å². The van der Waals surface area contributed by atoms with E-state index < -0.39 is 5.97 Å². The first-order valence-corrected chi connectivity index (χ1v) is 5.92. The first-order chi connectivity index (χ1) is 8.72. The number of aromatic nitrogens is 1. The van der Waals surface area contributed by atoms with Gasteiger partial charge in [-0.3, -0.25) is 4.98 Å². The lowest BCUT2D eigenvalue weighted by Crippen LogP contribution is -2.14. The van der Waals surface area contributed by atoms with Crippen molar-refractivity contribution >= 4 is 28.5 Å². The van der Waals surface area contributed by atoms with Gasteiger partial charge in [-0.15, -0.1) is 0 Å². The van der Waals surface area contributed by atoms with Gasteiger partial charge in [0.1, 0.15) is 11.3 Å². The fourth-order valence-corrected chi connectivity index (χ4v) is 1.78. The van der Waals surface area contributed by atoms with Crippen LogP contribution in [0.4, 0.5) is 0 Å². The zero-order valence-corrected chi connectivity index (χ0v) is 10.6. The predicted molar refractivity (Wildman–Crippen MR) is 68.9 cm³/mol. The van der Waals surface area contributed by atoms with Gasteiger partial charge in [-0.1, -0.05) is 11.6 Å². The minimum absolute atomic E-state index is 0.138. The number of hydrogen-bond acceptors (Lipinski definition) is 4. The summed E-state index contributed by atoms with van der Waals surface area (Å²) in [4.78, 5) is 15.4. The Morgan fingerprint density at radius 2 is 2.22 bits per heavy atom. The highest BCUT2D eigenvalue weighted by Gasteiger charge is 2.09. The van der Waals surface area contributed by atoms with Gasteiger partial charge >= 0.3 is 5.97 Å². The summed E-state index contributed by atoms with van der Waals surface area (Å²) < 4.78 is 10.2. The van der Waals surface area contributed by atoms with E-state index in [0.717, 1.165) is 5.39 Å². The fourth-order valence-electron chi connectivity index (χ4n) is 1.57. The van der Waals surface area contributed by atoms with E-state index in [9.17, 15) is 4.79 Å². The number of halogens is 1. The molecule has 0 bridgehead atoms. The Kier molecular flexibility index (Phi) is 3.99. The number of esters is 1. The van der Waals surface area contributed by atoms with Gasteiger partial charge in [0.2, 0.25) is 0 Å². The minimum atomic E-state index is -0.406. The van der Waals surface area contributed by atoms with Crippen LogP contribution >= 0.6 is 11.6 Å². The molecule has 0 aliphatic heterocycles. The van der Waals surface area contributed by atoms with Gasteiger partial charge in [-0.05, 0) is 31.2 Å². The topological polar surface area (TPSA) is 48.4 Å². The van der Waals surface area contributed by atoms with Gasteiger partial charge in [-0.2, -0.15) is 0 Å². The maximum Gasteiger partial charge on any atom is 0.344 e. The molecule has 0 atom stereocenters. The number of ether oxygens (including phenoxy) is 2. The summed E-state index contributed by atoms with van der Waals surface area (Å²) in [5.41, 5.74) is 0.634. The molecule has 0 saturated heterocycles. The molecule has 0 amide bonds. The van der Waals surface area contributed by atoms with Crippen LogP contribution in [0.15, 0.2) is 30.5 Å². The van der Waals surface area contributed by atoms with E-state index in [-0.39, 0.29) is 6.61 Å². The van der Waals surface area contributed by atoms with Gasteiger partial charge < -0.3 is 9.47 Å². The van der Waals surface area contributed by atoms with Gasteiger partial charge in [-0.25, -0.2) is 4.79 Å². The molecule has 0 fully saturated rings. The number of fused-ring (bicyclic) bond motifs is 1. The lowest BCUT2D eigenvalue weighted by atomic mass is 10.2. The Morgan fingerprint density at radius 3 is 3.00 bits per heavy atom. The van der Waals surface area contributed by atoms with Crippen LogP contribution in [-0.4, -0.2) is 24.2 Å². The average Bonchev–Trinajstić information content (AvgIpc) is 2.39. The van der Waals surface area contributed by atoms with Crippen molar-refractivity contribution < 1.29 is 14.3 Å². The van der Waals surface area contributed by atoms with E-state index >= 15 is 0 Å². The summed E-state index contributed by atoms with van der Waals surface area (Å²) in [7, 11) is 0. The molecule has 0 aliphatic carbocycles. The molecular formula is C13H12ClNO3. The third-order valence-corrected chi connectivity index (χ3v) is 2.66. The molecule has 5 heteroatoms. The van der Waals surface area contributed by atoms with Crippen LogP contribution in [0.1, 0.15) is 6.92 Å². The Bertz CT molecular complexity index is 571. The van der Waals surface area contributed by atoms with Gasteiger partial charge in [0.25, 0.3) is 0 Å². The molecule has 2 aromatic rings. The molecular weight excluding hydrogens is 254 g/mol. The first kappa shape index (κ1) is 12.6. The largest absolute Gasteiger partial charge is 0.480 e. The third-order valence-electron chi connectivity index (χ3n) is 2.33. The number of nitrogens with zero attached hydrogens (tertiary/aromatic N) is 1. The number of carbonyl (C=O) groups excluding carboxylic acids is 1. The van der Waals surface area contributed by atoms with Crippen molar-refractivity contribution in [3.8, 4) is 5.75 Å². The zero-order chi connectivity index (χ0) is 13.0. The minimum Gasteiger partial charge on any atom is -0.480 e. The maximum atomic E-state index is 11.2. The summed E-state index contributed by atoms with van der Waals surface area (Å²) >= 11 is 6.05. The molecule has 2 rings (SSSR count). The van der Waals surface area contributed by atoms with Crippen LogP contribution in [0.3, 0.4) is 0 Å². The predicted octanol–water partition coefficient (Wildman–Crippen LogP) is 2.83. The summed E-state index contributed by atoms with van der Waals surface area (Å²) in [6.45, 7) is 1.94. The number of hydrogen-bond donors (Lipinski definition) is 0. The first-order valence-electron chi connectivity index (χ1n) is 5.54. The summed E-state index contributed by atoms with van der Waals surface area (Å²) in [6.07, 6.45) is 1.65. The van der Waals surface area contributed by atoms with Crippen molar-refractivity contribution in [1.82, 2.24) is 4.98 Å². The second kappa shape index (κ2) is 5.69. The molecule has 0 aliphatic rings. The fraction of sp³-hybridized carbons (Fsp3) is 0.231. The normalized spacial score (nSPS) is 10.3. The lowest BCUT2D eigenvalue weighted by molar-refractivity contribution is -0.145. The number of pyridine rings is 1.